The maximum atomic E-state index is 5.60. The molecule has 0 saturated heterocycles. The first-order chi connectivity index (χ1) is 7.79. The van der Waals surface area contributed by atoms with E-state index < -0.39 is 0 Å². The smallest absolute Gasteiger partial charge is 0.215 e. The molecule has 0 aliphatic heterocycles. The Hall–Kier alpha value is -1.29. The molecule has 0 bridgehead atoms. The van der Waals surface area contributed by atoms with Crippen LogP contribution < -0.4 is 10.1 Å². The van der Waals surface area contributed by atoms with Gasteiger partial charge in [0.05, 0.1) is 0 Å². The summed E-state index contributed by atoms with van der Waals surface area (Å²) in [5, 5.41) is 2.99. The number of aromatic nitrogens is 1. The van der Waals surface area contributed by atoms with Crippen LogP contribution in [0.25, 0.3) is 0 Å². The molecule has 1 aliphatic carbocycles. The molecular formula is C12H19N3O. The van der Waals surface area contributed by atoms with E-state index in [1.54, 1.807) is 0 Å². The fourth-order valence-electron chi connectivity index (χ4n) is 1.63. The minimum atomic E-state index is 0.691. The minimum Gasteiger partial charge on any atom is -0.476 e. The Bertz CT molecular complexity index is 339. The summed E-state index contributed by atoms with van der Waals surface area (Å²) in [6, 6.07) is 6.54. The van der Waals surface area contributed by atoms with Crippen molar-refractivity contribution in [2.45, 2.75) is 18.9 Å². The fraction of sp³-hybridized carbons (Fsp3) is 0.583. The quantitative estimate of drug-likeness (QED) is 0.791. The summed E-state index contributed by atoms with van der Waals surface area (Å²) in [4.78, 5) is 6.65. The normalized spacial score (nSPS) is 15.2. The Labute approximate surface area is 96.6 Å². The molecular weight excluding hydrogens is 202 g/mol. The Morgan fingerprint density at radius 3 is 3.00 bits per heavy atom. The van der Waals surface area contributed by atoms with Crippen LogP contribution in [0.3, 0.4) is 0 Å². The van der Waals surface area contributed by atoms with Gasteiger partial charge in [0.2, 0.25) is 5.88 Å². The molecule has 0 radical (unpaired) electrons. The fourth-order valence-corrected chi connectivity index (χ4v) is 1.63. The van der Waals surface area contributed by atoms with Gasteiger partial charge in [-0.3, -0.25) is 0 Å². The van der Waals surface area contributed by atoms with Gasteiger partial charge >= 0.3 is 0 Å². The maximum Gasteiger partial charge on any atom is 0.215 e. The lowest BCUT2D eigenvalue weighted by atomic mass is 10.4. The molecule has 2 rings (SSSR count). The molecule has 4 heteroatoms. The van der Waals surface area contributed by atoms with E-state index in [1.807, 2.05) is 25.2 Å². The Kier molecular flexibility index (Phi) is 3.62. The highest BCUT2D eigenvalue weighted by atomic mass is 16.5. The predicted octanol–water partition coefficient (Wildman–Crippen LogP) is 1.60. The third kappa shape index (κ3) is 3.10. The van der Waals surface area contributed by atoms with Crippen LogP contribution in [0.4, 0.5) is 5.82 Å². The standard InChI is InChI=1S/C12H19N3O/c1-13-11-4-3-5-12(14-11)16-9-8-15(2)10-6-7-10/h3-5,10H,6-9H2,1-2H3,(H,13,14). The van der Waals surface area contributed by atoms with E-state index in [-0.39, 0.29) is 0 Å². The summed E-state index contributed by atoms with van der Waals surface area (Å²) >= 11 is 0. The lowest BCUT2D eigenvalue weighted by molar-refractivity contribution is 0.226. The molecule has 1 aromatic rings. The van der Waals surface area contributed by atoms with Crippen molar-refractivity contribution in [3.8, 4) is 5.88 Å². The van der Waals surface area contributed by atoms with Gasteiger partial charge in [0, 0.05) is 25.7 Å². The summed E-state index contributed by atoms with van der Waals surface area (Å²) in [5.41, 5.74) is 0. The number of hydrogen-bond acceptors (Lipinski definition) is 4. The maximum absolute atomic E-state index is 5.60. The molecule has 1 saturated carbocycles. The second kappa shape index (κ2) is 5.16. The zero-order chi connectivity index (χ0) is 11.4. The number of rotatable bonds is 6. The average Bonchev–Trinajstić information content (AvgIpc) is 3.13. The van der Waals surface area contributed by atoms with E-state index in [0.717, 1.165) is 18.4 Å². The summed E-state index contributed by atoms with van der Waals surface area (Å²) in [5.74, 6) is 1.53. The lowest BCUT2D eigenvalue weighted by Gasteiger charge is -2.15. The van der Waals surface area contributed by atoms with Crippen LogP contribution in [0, 0.1) is 0 Å². The van der Waals surface area contributed by atoms with E-state index in [9.17, 15) is 0 Å². The van der Waals surface area contributed by atoms with Gasteiger partial charge in [-0.15, -0.1) is 0 Å². The molecule has 1 aliphatic rings. The van der Waals surface area contributed by atoms with Crippen LogP contribution in [0.1, 0.15) is 12.8 Å². The van der Waals surface area contributed by atoms with E-state index in [1.165, 1.54) is 12.8 Å². The van der Waals surface area contributed by atoms with Gasteiger partial charge in [-0.1, -0.05) is 6.07 Å². The Morgan fingerprint density at radius 2 is 2.31 bits per heavy atom. The molecule has 4 nitrogen and oxygen atoms in total. The van der Waals surface area contributed by atoms with Crippen LogP contribution >= 0.6 is 0 Å². The summed E-state index contributed by atoms with van der Waals surface area (Å²) in [7, 11) is 4.01. The predicted molar refractivity (Wildman–Crippen MR) is 64.9 cm³/mol. The molecule has 1 aromatic heterocycles. The average molecular weight is 221 g/mol. The van der Waals surface area contributed by atoms with Crippen LogP contribution in [0.15, 0.2) is 18.2 Å². The second-order valence-electron chi connectivity index (χ2n) is 4.17. The van der Waals surface area contributed by atoms with Crippen LogP contribution in [0.2, 0.25) is 0 Å². The van der Waals surface area contributed by atoms with Gasteiger partial charge in [-0.2, -0.15) is 4.98 Å². The first kappa shape index (κ1) is 11.2. The first-order valence-corrected chi connectivity index (χ1v) is 5.77. The number of ether oxygens (including phenoxy) is 1. The Morgan fingerprint density at radius 1 is 1.50 bits per heavy atom. The third-order valence-corrected chi connectivity index (χ3v) is 2.84. The SMILES string of the molecule is CNc1cccc(OCCN(C)C2CC2)n1. The van der Waals surface area contributed by atoms with Crippen LogP contribution in [-0.4, -0.2) is 43.2 Å². The highest BCUT2D eigenvalue weighted by Crippen LogP contribution is 2.24. The van der Waals surface area contributed by atoms with Crippen molar-refractivity contribution in [2.24, 2.45) is 0 Å². The summed E-state index contributed by atoms with van der Waals surface area (Å²) in [6.45, 7) is 1.67. The van der Waals surface area contributed by atoms with Gasteiger partial charge < -0.3 is 15.0 Å². The molecule has 0 atom stereocenters. The zero-order valence-electron chi connectivity index (χ0n) is 9.94. The zero-order valence-corrected chi connectivity index (χ0v) is 9.94. The van der Waals surface area contributed by atoms with E-state index in [0.29, 0.717) is 12.5 Å². The molecule has 0 spiro atoms. The third-order valence-electron chi connectivity index (χ3n) is 2.84. The number of nitrogens with zero attached hydrogens (tertiary/aromatic N) is 2. The summed E-state index contributed by atoms with van der Waals surface area (Å²) < 4.78 is 5.60. The van der Waals surface area contributed by atoms with Gasteiger partial charge in [-0.05, 0) is 26.0 Å². The molecule has 0 unspecified atom stereocenters. The van der Waals surface area contributed by atoms with Crippen molar-refractivity contribution in [2.75, 3.05) is 32.6 Å². The highest BCUT2D eigenvalue weighted by Gasteiger charge is 2.25. The number of pyridine rings is 1. The van der Waals surface area contributed by atoms with Crippen LogP contribution in [-0.2, 0) is 0 Å². The van der Waals surface area contributed by atoms with E-state index >= 15 is 0 Å². The summed E-state index contributed by atoms with van der Waals surface area (Å²) in [6.07, 6.45) is 2.67. The molecule has 0 aromatic carbocycles. The second-order valence-corrected chi connectivity index (χ2v) is 4.17. The lowest BCUT2D eigenvalue weighted by Crippen LogP contribution is -2.26. The number of nitrogens with one attached hydrogen (secondary N) is 1. The number of likely N-dealkylation sites (N-methyl/N-ethyl adjacent to an activating group) is 1. The molecule has 1 heterocycles. The van der Waals surface area contributed by atoms with Crippen molar-refractivity contribution in [1.82, 2.24) is 9.88 Å². The van der Waals surface area contributed by atoms with Gasteiger partial charge in [0.15, 0.2) is 0 Å². The largest absolute Gasteiger partial charge is 0.476 e. The van der Waals surface area contributed by atoms with E-state index in [2.05, 4.69) is 22.2 Å². The van der Waals surface area contributed by atoms with Crippen molar-refractivity contribution in [3.05, 3.63) is 18.2 Å². The van der Waals surface area contributed by atoms with Crippen molar-refractivity contribution < 1.29 is 4.74 Å². The van der Waals surface area contributed by atoms with E-state index in [4.69, 9.17) is 4.74 Å². The highest BCUT2D eigenvalue weighted by molar-refractivity contribution is 5.35. The molecule has 0 amide bonds. The monoisotopic (exact) mass is 221 g/mol. The Balaban J connectivity index is 1.75. The molecule has 1 N–H and O–H groups in total. The molecule has 16 heavy (non-hydrogen) atoms. The van der Waals surface area contributed by atoms with Gasteiger partial charge in [0.25, 0.3) is 0 Å². The minimum absolute atomic E-state index is 0.691. The number of anilines is 1. The topological polar surface area (TPSA) is 37.4 Å². The molecule has 1 fully saturated rings. The molecule has 88 valence electrons. The number of hydrogen-bond donors (Lipinski definition) is 1. The van der Waals surface area contributed by atoms with Crippen molar-refractivity contribution >= 4 is 5.82 Å². The van der Waals surface area contributed by atoms with Crippen LogP contribution in [0.5, 0.6) is 5.88 Å². The first-order valence-electron chi connectivity index (χ1n) is 5.77. The van der Waals surface area contributed by atoms with Gasteiger partial charge in [-0.25, -0.2) is 0 Å². The van der Waals surface area contributed by atoms with Crippen molar-refractivity contribution in [3.63, 3.8) is 0 Å². The van der Waals surface area contributed by atoms with Crippen molar-refractivity contribution in [1.29, 1.82) is 0 Å². The van der Waals surface area contributed by atoms with Gasteiger partial charge in [0.1, 0.15) is 12.4 Å².